The minimum Gasteiger partial charge on any atom is -0.469 e. The fraction of sp³-hybridized carbons (Fsp3) is 0.833. The van der Waals surface area contributed by atoms with Crippen LogP contribution in [0.2, 0.25) is 0 Å². The first-order chi connectivity index (χ1) is 7.93. The number of carbonyl (C=O) groups is 2. The summed E-state index contributed by atoms with van der Waals surface area (Å²) in [5, 5.41) is 2.96. The molecular weight excluding hydrogens is 220 g/mol. The molecule has 1 aliphatic heterocycles. The summed E-state index contributed by atoms with van der Waals surface area (Å²) in [4.78, 5) is 25.6. The third-order valence-electron chi connectivity index (χ3n) is 3.35. The minimum atomic E-state index is -0.358. The second kappa shape index (κ2) is 4.29. The molecule has 1 heterocycles. The van der Waals surface area contributed by atoms with E-state index in [0.29, 0.717) is 6.04 Å². The van der Waals surface area contributed by atoms with E-state index in [-0.39, 0.29) is 29.9 Å². The largest absolute Gasteiger partial charge is 0.469 e. The van der Waals surface area contributed by atoms with Crippen LogP contribution in [0.3, 0.4) is 0 Å². The Morgan fingerprint density at radius 3 is 2.71 bits per heavy atom. The molecule has 1 aliphatic carbocycles. The average molecular weight is 240 g/mol. The molecule has 5 nitrogen and oxygen atoms in total. The molecule has 2 rings (SSSR count). The van der Waals surface area contributed by atoms with Crippen molar-refractivity contribution in [2.75, 3.05) is 13.7 Å². The molecule has 5 heteroatoms. The SMILES string of the molecule is COC(=O)CC1C(=O)NC(C)(C)CN1C1CC1. The van der Waals surface area contributed by atoms with Crippen LogP contribution in [-0.2, 0) is 14.3 Å². The third-order valence-corrected chi connectivity index (χ3v) is 3.35. The van der Waals surface area contributed by atoms with E-state index in [0.717, 1.165) is 19.4 Å². The van der Waals surface area contributed by atoms with Gasteiger partial charge in [0.05, 0.1) is 19.6 Å². The van der Waals surface area contributed by atoms with Gasteiger partial charge in [-0.05, 0) is 26.7 Å². The van der Waals surface area contributed by atoms with Crippen molar-refractivity contribution in [2.24, 2.45) is 0 Å². The fourth-order valence-electron chi connectivity index (χ4n) is 2.41. The van der Waals surface area contributed by atoms with Gasteiger partial charge in [0, 0.05) is 18.1 Å². The van der Waals surface area contributed by atoms with Crippen LogP contribution in [0.4, 0.5) is 0 Å². The first-order valence-corrected chi connectivity index (χ1v) is 6.07. The van der Waals surface area contributed by atoms with Crippen LogP contribution in [0.5, 0.6) is 0 Å². The number of esters is 1. The lowest BCUT2D eigenvalue weighted by molar-refractivity contribution is -0.147. The molecule has 1 atom stereocenters. The summed E-state index contributed by atoms with van der Waals surface area (Å²) in [6.07, 6.45) is 2.40. The standard InChI is InChI=1S/C12H20N2O3/c1-12(2)7-14(8-4-5-8)9(11(16)13-12)6-10(15)17-3/h8-9H,4-7H2,1-3H3,(H,13,16). The van der Waals surface area contributed by atoms with Crippen molar-refractivity contribution in [3.8, 4) is 0 Å². The van der Waals surface area contributed by atoms with Crippen molar-refractivity contribution in [1.82, 2.24) is 10.2 Å². The third kappa shape index (κ3) is 2.77. The highest BCUT2D eigenvalue weighted by atomic mass is 16.5. The van der Waals surface area contributed by atoms with Crippen molar-refractivity contribution in [3.05, 3.63) is 0 Å². The van der Waals surface area contributed by atoms with Crippen LogP contribution in [0.1, 0.15) is 33.1 Å². The van der Waals surface area contributed by atoms with Gasteiger partial charge in [0.1, 0.15) is 0 Å². The molecule has 17 heavy (non-hydrogen) atoms. The zero-order valence-corrected chi connectivity index (χ0v) is 10.7. The monoisotopic (exact) mass is 240 g/mol. The predicted molar refractivity (Wildman–Crippen MR) is 62.4 cm³/mol. The number of nitrogens with one attached hydrogen (secondary N) is 1. The lowest BCUT2D eigenvalue weighted by atomic mass is 9.96. The summed E-state index contributed by atoms with van der Waals surface area (Å²) in [6, 6.07) is 0.109. The fourth-order valence-corrected chi connectivity index (χ4v) is 2.41. The first kappa shape index (κ1) is 12.4. The van der Waals surface area contributed by atoms with Crippen LogP contribution in [0, 0.1) is 0 Å². The highest BCUT2D eigenvalue weighted by molar-refractivity contribution is 5.87. The average Bonchev–Trinajstić information content (AvgIpc) is 3.04. The molecule has 1 saturated carbocycles. The Morgan fingerprint density at radius 2 is 2.18 bits per heavy atom. The van der Waals surface area contributed by atoms with Crippen LogP contribution < -0.4 is 5.32 Å². The van der Waals surface area contributed by atoms with E-state index in [4.69, 9.17) is 0 Å². The summed E-state index contributed by atoms with van der Waals surface area (Å²) in [5.41, 5.74) is -0.216. The predicted octanol–water partition coefficient (Wildman–Crippen LogP) is 0.291. The van der Waals surface area contributed by atoms with E-state index in [1.165, 1.54) is 7.11 Å². The summed E-state index contributed by atoms with van der Waals surface area (Å²) in [7, 11) is 1.36. The number of nitrogens with zero attached hydrogens (tertiary/aromatic N) is 1. The topological polar surface area (TPSA) is 58.6 Å². The normalized spacial score (nSPS) is 28.6. The van der Waals surface area contributed by atoms with Gasteiger partial charge in [-0.25, -0.2) is 0 Å². The number of carbonyl (C=O) groups excluding carboxylic acids is 2. The maximum Gasteiger partial charge on any atom is 0.307 e. The molecule has 1 saturated heterocycles. The van der Waals surface area contributed by atoms with Crippen molar-refractivity contribution in [1.29, 1.82) is 0 Å². The number of hydrogen-bond acceptors (Lipinski definition) is 4. The van der Waals surface area contributed by atoms with E-state index in [1.807, 2.05) is 13.8 Å². The van der Waals surface area contributed by atoms with E-state index < -0.39 is 0 Å². The van der Waals surface area contributed by atoms with Crippen LogP contribution in [0.15, 0.2) is 0 Å². The number of hydrogen-bond donors (Lipinski definition) is 1. The Hall–Kier alpha value is -1.10. The number of piperazine rings is 1. The molecule has 0 aromatic heterocycles. The van der Waals surface area contributed by atoms with Crippen molar-refractivity contribution in [2.45, 2.75) is 50.7 Å². The molecule has 0 aromatic carbocycles. The molecule has 0 spiro atoms. The van der Waals surface area contributed by atoms with Gasteiger partial charge in [-0.15, -0.1) is 0 Å². The lowest BCUT2D eigenvalue weighted by Crippen LogP contribution is -2.65. The maximum absolute atomic E-state index is 12.0. The van der Waals surface area contributed by atoms with Crippen molar-refractivity contribution < 1.29 is 14.3 Å². The maximum atomic E-state index is 12.0. The van der Waals surface area contributed by atoms with Gasteiger partial charge in [-0.2, -0.15) is 0 Å². The Labute approximate surface area is 101 Å². The second-order valence-corrected chi connectivity index (χ2v) is 5.57. The van der Waals surface area contributed by atoms with Gasteiger partial charge in [0.15, 0.2) is 0 Å². The molecule has 2 aliphatic rings. The molecule has 0 aromatic rings. The summed E-state index contributed by atoms with van der Waals surface area (Å²) in [6.45, 7) is 4.81. The molecule has 2 fully saturated rings. The highest BCUT2D eigenvalue weighted by Crippen LogP contribution is 2.33. The van der Waals surface area contributed by atoms with Gasteiger partial charge in [0.25, 0.3) is 0 Å². The second-order valence-electron chi connectivity index (χ2n) is 5.57. The van der Waals surface area contributed by atoms with E-state index >= 15 is 0 Å². The number of amides is 1. The molecule has 1 N–H and O–H groups in total. The molecule has 96 valence electrons. The zero-order chi connectivity index (χ0) is 12.6. The number of rotatable bonds is 3. The summed E-state index contributed by atoms with van der Waals surface area (Å²) in [5.74, 6) is -0.381. The van der Waals surface area contributed by atoms with Gasteiger partial charge in [-0.1, -0.05) is 0 Å². The van der Waals surface area contributed by atoms with Gasteiger partial charge in [-0.3, -0.25) is 14.5 Å². The Balaban J connectivity index is 2.10. The minimum absolute atomic E-state index is 0.0569. The first-order valence-electron chi connectivity index (χ1n) is 6.07. The van der Waals surface area contributed by atoms with E-state index in [9.17, 15) is 9.59 Å². The zero-order valence-electron chi connectivity index (χ0n) is 10.7. The van der Waals surface area contributed by atoms with E-state index in [1.54, 1.807) is 0 Å². The Morgan fingerprint density at radius 1 is 1.53 bits per heavy atom. The Kier molecular flexibility index (Phi) is 3.12. The van der Waals surface area contributed by atoms with Gasteiger partial charge in [0.2, 0.25) is 5.91 Å². The number of methoxy groups -OCH3 is 1. The molecular formula is C12H20N2O3. The molecule has 1 amide bonds. The highest BCUT2D eigenvalue weighted by Gasteiger charge is 2.45. The summed E-state index contributed by atoms with van der Waals surface area (Å²) < 4.78 is 4.66. The Bertz CT molecular complexity index is 337. The summed E-state index contributed by atoms with van der Waals surface area (Å²) >= 11 is 0. The quantitative estimate of drug-likeness (QED) is 0.720. The van der Waals surface area contributed by atoms with Crippen molar-refractivity contribution >= 4 is 11.9 Å². The lowest BCUT2D eigenvalue weighted by Gasteiger charge is -2.43. The molecule has 0 bridgehead atoms. The van der Waals surface area contributed by atoms with Gasteiger partial charge < -0.3 is 10.1 Å². The van der Waals surface area contributed by atoms with Crippen LogP contribution >= 0.6 is 0 Å². The van der Waals surface area contributed by atoms with E-state index in [2.05, 4.69) is 15.0 Å². The van der Waals surface area contributed by atoms with Crippen molar-refractivity contribution in [3.63, 3.8) is 0 Å². The number of ether oxygens (including phenoxy) is 1. The van der Waals surface area contributed by atoms with Gasteiger partial charge >= 0.3 is 5.97 Å². The van der Waals surface area contributed by atoms with Crippen LogP contribution in [0.25, 0.3) is 0 Å². The smallest absolute Gasteiger partial charge is 0.307 e. The molecule has 0 radical (unpaired) electrons. The van der Waals surface area contributed by atoms with Crippen LogP contribution in [-0.4, -0.2) is 48.1 Å². The molecule has 1 unspecified atom stereocenters.